The number of hydrogen-bond donors (Lipinski definition) is 0. The van der Waals surface area contributed by atoms with E-state index in [2.05, 4.69) is 53.8 Å². The Kier molecular flexibility index (Phi) is 2.69. The maximum atomic E-state index is 4.53. The van der Waals surface area contributed by atoms with Gasteiger partial charge in [-0.2, -0.15) is 0 Å². The lowest BCUT2D eigenvalue weighted by Gasteiger charge is -2.25. The van der Waals surface area contributed by atoms with Crippen LogP contribution in [0.2, 0.25) is 0 Å². The van der Waals surface area contributed by atoms with Crippen LogP contribution in [0.5, 0.6) is 0 Å². The number of benzene rings is 1. The fourth-order valence-electron chi connectivity index (χ4n) is 2.78. The van der Waals surface area contributed by atoms with Crippen molar-refractivity contribution in [1.29, 1.82) is 0 Å². The Bertz CT molecular complexity index is 579. The molecule has 1 aliphatic heterocycles. The highest BCUT2D eigenvalue weighted by Crippen LogP contribution is 2.32. The summed E-state index contributed by atoms with van der Waals surface area (Å²) in [7, 11) is 0. The maximum absolute atomic E-state index is 4.53. The van der Waals surface area contributed by atoms with Gasteiger partial charge in [0, 0.05) is 18.0 Å². The van der Waals surface area contributed by atoms with Gasteiger partial charge in [0.2, 0.25) is 0 Å². The lowest BCUT2D eigenvalue weighted by Crippen LogP contribution is -2.30. The predicted octanol–water partition coefficient (Wildman–Crippen LogP) is 3.17. The van der Waals surface area contributed by atoms with Crippen LogP contribution in [0, 0.1) is 12.8 Å². The molecule has 0 bridgehead atoms. The minimum absolute atomic E-state index is 0.559. The molecule has 0 radical (unpaired) electrons. The summed E-state index contributed by atoms with van der Waals surface area (Å²) in [4.78, 5) is 11.3. The van der Waals surface area contributed by atoms with E-state index in [4.69, 9.17) is 0 Å². The normalized spacial score (nSPS) is 23.8. The highest BCUT2D eigenvalue weighted by molar-refractivity contribution is 5.90. The highest BCUT2D eigenvalue weighted by atomic mass is 15.2. The van der Waals surface area contributed by atoms with Crippen molar-refractivity contribution < 1.29 is 0 Å². The molecule has 1 fully saturated rings. The summed E-state index contributed by atoms with van der Waals surface area (Å²) >= 11 is 0. The van der Waals surface area contributed by atoms with Gasteiger partial charge in [-0.1, -0.05) is 18.6 Å². The number of hydrogen-bond acceptors (Lipinski definition) is 3. The van der Waals surface area contributed by atoms with E-state index < -0.39 is 0 Å². The number of aryl methyl sites for hydroxylation is 1. The third kappa shape index (κ3) is 1.74. The third-order valence-corrected chi connectivity index (χ3v) is 4.18. The summed E-state index contributed by atoms with van der Waals surface area (Å²) in [6.07, 6.45) is 2.93. The number of anilines is 1. The van der Waals surface area contributed by atoms with E-state index in [0.717, 1.165) is 23.8 Å². The lowest BCUT2D eigenvalue weighted by atomic mass is 10.1. The Hall–Kier alpha value is -1.64. The van der Waals surface area contributed by atoms with Crippen LogP contribution in [0.1, 0.15) is 25.8 Å². The van der Waals surface area contributed by atoms with Crippen LogP contribution in [0.15, 0.2) is 24.5 Å². The van der Waals surface area contributed by atoms with Gasteiger partial charge in [-0.3, -0.25) is 0 Å². The molecular weight excluding hydrogens is 222 g/mol. The Morgan fingerprint density at radius 3 is 2.78 bits per heavy atom. The molecule has 1 aliphatic rings. The molecule has 94 valence electrons. The van der Waals surface area contributed by atoms with E-state index in [0.29, 0.717) is 6.04 Å². The molecule has 1 saturated heterocycles. The Labute approximate surface area is 108 Å². The van der Waals surface area contributed by atoms with Crippen LogP contribution in [-0.4, -0.2) is 22.6 Å². The first-order valence-corrected chi connectivity index (χ1v) is 6.65. The van der Waals surface area contributed by atoms with Gasteiger partial charge in [0.15, 0.2) is 0 Å². The first-order chi connectivity index (χ1) is 8.66. The van der Waals surface area contributed by atoms with Crippen molar-refractivity contribution in [2.24, 2.45) is 5.92 Å². The van der Waals surface area contributed by atoms with Gasteiger partial charge in [-0.05, 0) is 38.3 Å². The van der Waals surface area contributed by atoms with Crippen molar-refractivity contribution in [2.45, 2.75) is 33.2 Å². The summed E-state index contributed by atoms with van der Waals surface area (Å²) < 4.78 is 0. The fraction of sp³-hybridized carbons (Fsp3) is 0.467. The lowest BCUT2D eigenvalue weighted by molar-refractivity contribution is 0.545. The van der Waals surface area contributed by atoms with Gasteiger partial charge in [-0.15, -0.1) is 0 Å². The van der Waals surface area contributed by atoms with E-state index in [-0.39, 0.29) is 0 Å². The summed E-state index contributed by atoms with van der Waals surface area (Å²) in [6, 6.07) is 6.94. The number of rotatable bonds is 1. The average molecular weight is 241 g/mol. The quantitative estimate of drug-likeness (QED) is 0.768. The van der Waals surface area contributed by atoms with Gasteiger partial charge < -0.3 is 4.90 Å². The zero-order valence-electron chi connectivity index (χ0n) is 11.2. The van der Waals surface area contributed by atoms with Crippen molar-refractivity contribution >= 4 is 16.7 Å². The minimum atomic E-state index is 0.559. The standard InChI is InChI=1S/C15H19N3/c1-10-4-5-14-13(8-10)15(17-9-16-14)18-7-6-11(2)12(18)3/h4-5,8-9,11-12H,6-7H2,1-3H3. The van der Waals surface area contributed by atoms with Crippen molar-refractivity contribution in [2.75, 3.05) is 11.4 Å². The van der Waals surface area contributed by atoms with Crippen LogP contribution in [0.25, 0.3) is 10.9 Å². The molecule has 3 nitrogen and oxygen atoms in total. The van der Waals surface area contributed by atoms with E-state index in [1.807, 2.05) is 0 Å². The van der Waals surface area contributed by atoms with Crippen LogP contribution in [0.4, 0.5) is 5.82 Å². The molecule has 1 aromatic carbocycles. The van der Waals surface area contributed by atoms with Gasteiger partial charge in [-0.25, -0.2) is 9.97 Å². The number of aromatic nitrogens is 2. The monoisotopic (exact) mass is 241 g/mol. The van der Waals surface area contributed by atoms with Crippen molar-refractivity contribution in [3.05, 3.63) is 30.1 Å². The molecule has 3 rings (SSSR count). The zero-order valence-corrected chi connectivity index (χ0v) is 11.2. The van der Waals surface area contributed by atoms with Crippen LogP contribution >= 0.6 is 0 Å². The van der Waals surface area contributed by atoms with Crippen LogP contribution in [0.3, 0.4) is 0 Å². The SMILES string of the molecule is Cc1ccc2ncnc(N3CCC(C)C3C)c2c1. The molecule has 2 unspecified atom stereocenters. The predicted molar refractivity (Wildman–Crippen MR) is 74.9 cm³/mol. The maximum Gasteiger partial charge on any atom is 0.140 e. The second-order valence-electron chi connectivity index (χ2n) is 5.42. The molecule has 0 amide bonds. The van der Waals surface area contributed by atoms with E-state index >= 15 is 0 Å². The van der Waals surface area contributed by atoms with Crippen molar-refractivity contribution in [3.63, 3.8) is 0 Å². The molecule has 0 saturated carbocycles. The van der Waals surface area contributed by atoms with E-state index in [9.17, 15) is 0 Å². The highest BCUT2D eigenvalue weighted by Gasteiger charge is 2.29. The van der Waals surface area contributed by atoms with Crippen molar-refractivity contribution in [3.8, 4) is 0 Å². The molecule has 2 heterocycles. The van der Waals surface area contributed by atoms with Gasteiger partial charge in [0.25, 0.3) is 0 Å². The fourth-order valence-corrected chi connectivity index (χ4v) is 2.78. The molecule has 2 atom stereocenters. The summed E-state index contributed by atoms with van der Waals surface area (Å²) in [5.74, 6) is 1.83. The Morgan fingerprint density at radius 1 is 1.22 bits per heavy atom. The Morgan fingerprint density at radius 2 is 2.06 bits per heavy atom. The summed E-state index contributed by atoms with van der Waals surface area (Å²) in [5.41, 5.74) is 2.30. The molecule has 18 heavy (non-hydrogen) atoms. The van der Waals surface area contributed by atoms with E-state index in [1.165, 1.54) is 17.4 Å². The molecular formula is C15H19N3. The van der Waals surface area contributed by atoms with Crippen molar-refractivity contribution in [1.82, 2.24) is 9.97 Å². The second-order valence-corrected chi connectivity index (χ2v) is 5.42. The largest absolute Gasteiger partial charge is 0.353 e. The summed E-state index contributed by atoms with van der Waals surface area (Å²) in [5, 5.41) is 1.18. The van der Waals surface area contributed by atoms with Crippen LogP contribution in [-0.2, 0) is 0 Å². The van der Waals surface area contributed by atoms with Gasteiger partial charge >= 0.3 is 0 Å². The second kappa shape index (κ2) is 4.23. The first-order valence-electron chi connectivity index (χ1n) is 6.65. The molecule has 0 spiro atoms. The Balaban J connectivity index is 2.14. The van der Waals surface area contributed by atoms with Gasteiger partial charge in [0.05, 0.1) is 5.52 Å². The zero-order chi connectivity index (χ0) is 12.7. The number of nitrogens with zero attached hydrogens (tertiary/aromatic N) is 3. The molecule has 1 aromatic heterocycles. The van der Waals surface area contributed by atoms with Crippen LogP contribution < -0.4 is 4.90 Å². The molecule has 0 aliphatic carbocycles. The first kappa shape index (κ1) is 11.5. The molecule has 2 aromatic rings. The number of fused-ring (bicyclic) bond motifs is 1. The van der Waals surface area contributed by atoms with E-state index in [1.54, 1.807) is 6.33 Å². The van der Waals surface area contributed by atoms with Gasteiger partial charge in [0.1, 0.15) is 12.1 Å². The third-order valence-electron chi connectivity index (χ3n) is 4.18. The molecule has 0 N–H and O–H groups in total. The minimum Gasteiger partial charge on any atom is -0.353 e. The smallest absolute Gasteiger partial charge is 0.140 e. The topological polar surface area (TPSA) is 29.0 Å². The molecule has 3 heteroatoms. The summed E-state index contributed by atoms with van der Waals surface area (Å²) in [6.45, 7) is 7.83. The average Bonchev–Trinajstić information content (AvgIpc) is 2.69.